The predicted octanol–water partition coefficient (Wildman–Crippen LogP) is 2.62. The lowest BCUT2D eigenvalue weighted by molar-refractivity contribution is -0.134. The number of likely N-dealkylation sites (N-methyl/N-ethyl adjacent to an activating group) is 1. The Kier molecular flexibility index (Phi) is 5.34. The molecule has 0 bridgehead atoms. The quantitative estimate of drug-likeness (QED) is 0.839. The van der Waals surface area contributed by atoms with E-state index in [-0.39, 0.29) is 23.7 Å². The Morgan fingerprint density at radius 2 is 2.00 bits per heavy atom. The maximum atomic E-state index is 13.1. The summed E-state index contributed by atoms with van der Waals surface area (Å²) in [6.07, 6.45) is 1.82. The second kappa shape index (κ2) is 7.05. The molecule has 4 nitrogen and oxygen atoms in total. The molecule has 1 amide bonds. The lowest BCUT2D eigenvalue weighted by atomic mass is 9.82. The van der Waals surface area contributed by atoms with Crippen LogP contribution in [-0.2, 0) is 9.53 Å². The van der Waals surface area contributed by atoms with Gasteiger partial charge in [-0.1, -0.05) is 6.92 Å². The van der Waals surface area contributed by atoms with Crippen LogP contribution in [0.4, 0.5) is 8.78 Å². The molecule has 22 heavy (non-hydrogen) atoms. The minimum absolute atomic E-state index is 0.0463. The molecule has 0 spiro atoms. The summed E-state index contributed by atoms with van der Waals surface area (Å²) in [5.74, 6) is -1.99. The van der Waals surface area contributed by atoms with Crippen LogP contribution in [0.1, 0.15) is 19.8 Å². The molecule has 0 aromatic heterocycles. The second-order valence-corrected chi connectivity index (χ2v) is 6.04. The van der Waals surface area contributed by atoms with E-state index in [9.17, 15) is 13.6 Å². The molecule has 1 heterocycles. The minimum atomic E-state index is -0.993. The number of nitrogens with zero attached hydrogens (tertiary/aromatic N) is 1. The fraction of sp³-hybridized carbons (Fsp3) is 0.562. The number of benzene rings is 1. The van der Waals surface area contributed by atoms with E-state index in [4.69, 9.17) is 9.47 Å². The van der Waals surface area contributed by atoms with E-state index < -0.39 is 11.6 Å². The zero-order valence-electron chi connectivity index (χ0n) is 12.9. The van der Waals surface area contributed by atoms with Crippen LogP contribution in [0.5, 0.6) is 5.75 Å². The third-order valence-corrected chi connectivity index (χ3v) is 4.00. The Morgan fingerprint density at radius 1 is 1.32 bits per heavy atom. The molecule has 1 aromatic carbocycles. The average molecular weight is 313 g/mol. The van der Waals surface area contributed by atoms with Gasteiger partial charge in [0.15, 0.2) is 18.2 Å². The summed E-state index contributed by atoms with van der Waals surface area (Å²) in [4.78, 5) is 13.7. The number of rotatable bonds is 5. The van der Waals surface area contributed by atoms with Crippen molar-refractivity contribution in [3.63, 3.8) is 0 Å². The number of hydrogen-bond acceptors (Lipinski definition) is 3. The van der Waals surface area contributed by atoms with Crippen LogP contribution in [0.2, 0.25) is 0 Å². The van der Waals surface area contributed by atoms with Crippen molar-refractivity contribution in [1.82, 2.24) is 4.90 Å². The summed E-state index contributed by atoms with van der Waals surface area (Å²) in [6.45, 7) is 3.98. The first-order chi connectivity index (χ1) is 10.4. The van der Waals surface area contributed by atoms with Gasteiger partial charge in [-0.15, -0.1) is 0 Å². The Balaban J connectivity index is 1.84. The van der Waals surface area contributed by atoms with Crippen molar-refractivity contribution in [2.24, 2.45) is 5.41 Å². The van der Waals surface area contributed by atoms with Crippen molar-refractivity contribution in [1.29, 1.82) is 0 Å². The summed E-state index contributed by atoms with van der Waals surface area (Å²) in [6, 6.07) is 3.20. The highest BCUT2D eigenvalue weighted by Gasteiger charge is 2.30. The normalized spacial score (nSPS) is 17.1. The van der Waals surface area contributed by atoms with E-state index in [2.05, 4.69) is 6.92 Å². The maximum Gasteiger partial charge on any atom is 0.260 e. The molecule has 122 valence electrons. The first-order valence-corrected chi connectivity index (χ1v) is 7.29. The van der Waals surface area contributed by atoms with Crippen molar-refractivity contribution in [3.8, 4) is 5.75 Å². The molecular weight excluding hydrogens is 292 g/mol. The largest absolute Gasteiger partial charge is 0.484 e. The van der Waals surface area contributed by atoms with Crippen LogP contribution >= 0.6 is 0 Å². The number of carbonyl (C=O) groups excluding carboxylic acids is 1. The molecular formula is C16H21F2NO3. The third kappa shape index (κ3) is 4.40. The fourth-order valence-corrected chi connectivity index (χ4v) is 2.50. The molecule has 1 fully saturated rings. The molecule has 0 N–H and O–H groups in total. The molecule has 1 saturated heterocycles. The van der Waals surface area contributed by atoms with E-state index >= 15 is 0 Å². The topological polar surface area (TPSA) is 38.8 Å². The standard InChI is InChI=1S/C16H21F2NO3/c1-16(5-7-21-8-6-16)11-19(2)15(20)10-22-12-3-4-13(17)14(18)9-12/h3-4,9H,5-8,10-11H2,1-2H3. The molecule has 0 unspecified atom stereocenters. The monoisotopic (exact) mass is 313 g/mol. The SMILES string of the molecule is CN(CC1(C)CCOCC1)C(=O)COc1ccc(F)c(F)c1. The van der Waals surface area contributed by atoms with Gasteiger partial charge in [-0.3, -0.25) is 4.79 Å². The van der Waals surface area contributed by atoms with Gasteiger partial charge in [0, 0.05) is 32.9 Å². The van der Waals surface area contributed by atoms with Crippen molar-refractivity contribution in [3.05, 3.63) is 29.8 Å². The lowest BCUT2D eigenvalue weighted by Crippen LogP contribution is -2.42. The zero-order valence-corrected chi connectivity index (χ0v) is 12.9. The van der Waals surface area contributed by atoms with E-state index in [1.807, 2.05) is 0 Å². The van der Waals surface area contributed by atoms with Gasteiger partial charge in [0.1, 0.15) is 5.75 Å². The Labute approximate surface area is 129 Å². The van der Waals surface area contributed by atoms with Crippen LogP contribution in [0.15, 0.2) is 18.2 Å². The average Bonchev–Trinajstić information content (AvgIpc) is 2.48. The molecule has 1 aliphatic rings. The maximum absolute atomic E-state index is 13.1. The van der Waals surface area contributed by atoms with Crippen LogP contribution in [0, 0.1) is 17.0 Å². The van der Waals surface area contributed by atoms with Gasteiger partial charge in [0.05, 0.1) is 0 Å². The predicted molar refractivity (Wildman–Crippen MR) is 77.7 cm³/mol. The highest BCUT2D eigenvalue weighted by molar-refractivity contribution is 5.77. The van der Waals surface area contributed by atoms with Crippen molar-refractivity contribution in [2.75, 3.05) is 33.4 Å². The van der Waals surface area contributed by atoms with E-state index in [0.29, 0.717) is 19.8 Å². The number of amides is 1. The first-order valence-electron chi connectivity index (χ1n) is 7.29. The first kappa shape index (κ1) is 16.7. The van der Waals surface area contributed by atoms with Crippen molar-refractivity contribution >= 4 is 5.91 Å². The lowest BCUT2D eigenvalue weighted by Gasteiger charge is -2.36. The second-order valence-electron chi connectivity index (χ2n) is 6.04. The summed E-state index contributed by atoms with van der Waals surface area (Å²) in [7, 11) is 1.72. The van der Waals surface area contributed by atoms with Gasteiger partial charge in [0.25, 0.3) is 5.91 Å². The number of ether oxygens (including phenoxy) is 2. The van der Waals surface area contributed by atoms with Gasteiger partial charge in [-0.2, -0.15) is 0 Å². The highest BCUT2D eigenvalue weighted by Crippen LogP contribution is 2.30. The molecule has 1 aliphatic heterocycles. The molecule has 0 radical (unpaired) electrons. The summed E-state index contributed by atoms with van der Waals surface area (Å²) >= 11 is 0. The summed E-state index contributed by atoms with van der Waals surface area (Å²) in [5, 5.41) is 0. The smallest absolute Gasteiger partial charge is 0.260 e. The number of carbonyl (C=O) groups is 1. The van der Waals surface area contributed by atoms with Crippen molar-refractivity contribution in [2.45, 2.75) is 19.8 Å². The molecule has 1 aromatic rings. The van der Waals surface area contributed by atoms with Crippen LogP contribution in [0.3, 0.4) is 0 Å². The highest BCUT2D eigenvalue weighted by atomic mass is 19.2. The molecule has 0 aliphatic carbocycles. The number of halogens is 2. The van der Waals surface area contributed by atoms with Crippen LogP contribution < -0.4 is 4.74 Å². The Hall–Kier alpha value is -1.69. The van der Waals surface area contributed by atoms with Crippen LogP contribution in [0.25, 0.3) is 0 Å². The van der Waals surface area contributed by atoms with Crippen LogP contribution in [-0.4, -0.2) is 44.2 Å². The Bertz CT molecular complexity index is 530. The van der Waals surface area contributed by atoms with E-state index in [1.54, 1.807) is 11.9 Å². The summed E-state index contributed by atoms with van der Waals surface area (Å²) in [5.41, 5.74) is 0.0463. The number of hydrogen-bond donors (Lipinski definition) is 0. The summed E-state index contributed by atoms with van der Waals surface area (Å²) < 4.78 is 36.4. The van der Waals surface area contributed by atoms with Gasteiger partial charge < -0.3 is 14.4 Å². The molecule has 2 rings (SSSR count). The van der Waals surface area contributed by atoms with Gasteiger partial charge in [-0.25, -0.2) is 8.78 Å². The zero-order chi connectivity index (χ0) is 16.2. The van der Waals surface area contributed by atoms with E-state index in [0.717, 1.165) is 25.0 Å². The van der Waals surface area contributed by atoms with Gasteiger partial charge in [-0.05, 0) is 30.4 Å². The Morgan fingerprint density at radius 3 is 2.64 bits per heavy atom. The molecule has 0 saturated carbocycles. The van der Waals surface area contributed by atoms with Gasteiger partial charge in [0.2, 0.25) is 0 Å². The van der Waals surface area contributed by atoms with Crippen molar-refractivity contribution < 1.29 is 23.0 Å². The van der Waals surface area contributed by atoms with Gasteiger partial charge >= 0.3 is 0 Å². The minimum Gasteiger partial charge on any atom is -0.484 e. The third-order valence-electron chi connectivity index (χ3n) is 4.00. The molecule has 6 heteroatoms. The molecule has 0 atom stereocenters. The fourth-order valence-electron chi connectivity index (χ4n) is 2.50. The van der Waals surface area contributed by atoms with E-state index in [1.165, 1.54) is 6.07 Å².